The molecule has 0 saturated carbocycles. The summed E-state index contributed by atoms with van der Waals surface area (Å²) >= 11 is 0. The average Bonchev–Trinajstić information content (AvgIpc) is 2.61. The summed E-state index contributed by atoms with van der Waals surface area (Å²) in [7, 11) is 0. The van der Waals surface area contributed by atoms with Crippen molar-refractivity contribution in [2.45, 2.75) is 33.7 Å². The lowest BCUT2D eigenvalue weighted by molar-refractivity contribution is -0.123. The zero-order valence-corrected chi connectivity index (χ0v) is 10.2. The average molecular weight is 224 g/mol. The van der Waals surface area contributed by atoms with E-state index in [1.165, 1.54) is 0 Å². The third-order valence-corrected chi connectivity index (χ3v) is 2.45. The zero-order chi connectivity index (χ0) is 12.2. The molecule has 1 aromatic heterocycles. The Morgan fingerprint density at radius 2 is 2.19 bits per heavy atom. The molecular weight excluding hydrogens is 204 g/mol. The molecule has 1 aromatic rings. The Balaban J connectivity index is 2.36. The molecule has 1 amide bonds. The van der Waals surface area contributed by atoms with Crippen LogP contribution >= 0.6 is 0 Å². The number of rotatable bonds is 5. The van der Waals surface area contributed by atoms with Crippen molar-refractivity contribution in [1.29, 1.82) is 0 Å². The van der Waals surface area contributed by atoms with Crippen molar-refractivity contribution >= 4 is 5.91 Å². The minimum atomic E-state index is -0.150. The number of hydrogen-bond donors (Lipinski definition) is 2. The number of furan rings is 1. The Morgan fingerprint density at radius 1 is 1.50 bits per heavy atom. The first-order valence-corrected chi connectivity index (χ1v) is 5.45. The molecule has 0 atom stereocenters. The van der Waals surface area contributed by atoms with Crippen molar-refractivity contribution < 1.29 is 9.21 Å². The molecule has 0 aliphatic rings. The fourth-order valence-corrected chi connectivity index (χ4v) is 1.34. The number of amides is 1. The molecule has 0 fully saturated rings. The number of nitrogens with one attached hydrogen (secondary N) is 1. The van der Waals surface area contributed by atoms with E-state index in [0.29, 0.717) is 19.5 Å². The number of carbonyl (C=O) groups is 1. The lowest BCUT2D eigenvalue weighted by Crippen LogP contribution is -2.32. The fourth-order valence-electron chi connectivity index (χ4n) is 1.34. The van der Waals surface area contributed by atoms with Crippen LogP contribution < -0.4 is 11.1 Å². The smallest absolute Gasteiger partial charge is 0.220 e. The van der Waals surface area contributed by atoms with Gasteiger partial charge >= 0.3 is 0 Å². The Bertz CT molecular complexity index is 356. The fraction of sp³-hybridized carbons (Fsp3) is 0.583. The molecular formula is C12H20N2O2. The highest BCUT2D eigenvalue weighted by Crippen LogP contribution is 2.17. The molecule has 0 aliphatic carbocycles. The predicted molar refractivity (Wildman–Crippen MR) is 62.7 cm³/mol. The van der Waals surface area contributed by atoms with Gasteiger partial charge in [0.05, 0.1) is 6.54 Å². The van der Waals surface area contributed by atoms with Gasteiger partial charge in [0.15, 0.2) is 0 Å². The minimum Gasteiger partial charge on any atom is -0.465 e. The second-order valence-corrected chi connectivity index (χ2v) is 4.83. The van der Waals surface area contributed by atoms with E-state index in [1.54, 1.807) is 0 Å². The summed E-state index contributed by atoms with van der Waals surface area (Å²) in [6, 6.07) is 3.75. The summed E-state index contributed by atoms with van der Waals surface area (Å²) in [4.78, 5) is 11.6. The van der Waals surface area contributed by atoms with Gasteiger partial charge in [-0.25, -0.2) is 0 Å². The molecule has 4 nitrogen and oxygen atoms in total. The van der Waals surface area contributed by atoms with Crippen molar-refractivity contribution in [2.24, 2.45) is 11.1 Å². The Labute approximate surface area is 96.2 Å². The lowest BCUT2D eigenvalue weighted by Gasteiger charge is -2.21. The molecule has 90 valence electrons. The van der Waals surface area contributed by atoms with Crippen LogP contribution in [0.3, 0.4) is 0 Å². The quantitative estimate of drug-likeness (QED) is 0.797. The van der Waals surface area contributed by atoms with Gasteiger partial charge in [-0.3, -0.25) is 4.79 Å². The van der Waals surface area contributed by atoms with Crippen LogP contribution in [0.15, 0.2) is 16.5 Å². The highest BCUT2D eigenvalue weighted by atomic mass is 16.3. The Kier molecular flexibility index (Phi) is 4.12. The Morgan fingerprint density at radius 3 is 2.69 bits per heavy atom. The first-order valence-electron chi connectivity index (χ1n) is 5.45. The van der Waals surface area contributed by atoms with Crippen LogP contribution in [0.5, 0.6) is 0 Å². The summed E-state index contributed by atoms with van der Waals surface area (Å²) < 4.78 is 5.35. The van der Waals surface area contributed by atoms with Crippen LogP contribution in [0.4, 0.5) is 0 Å². The third kappa shape index (κ3) is 4.06. The van der Waals surface area contributed by atoms with Crippen LogP contribution in [0.2, 0.25) is 0 Å². The van der Waals surface area contributed by atoms with Crippen molar-refractivity contribution in [1.82, 2.24) is 5.32 Å². The number of carbonyl (C=O) groups excluding carboxylic acids is 1. The second kappa shape index (κ2) is 5.16. The van der Waals surface area contributed by atoms with Crippen LogP contribution in [0.25, 0.3) is 0 Å². The van der Waals surface area contributed by atoms with E-state index >= 15 is 0 Å². The van der Waals surface area contributed by atoms with Crippen LogP contribution in [-0.4, -0.2) is 12.5 Å². The van der Waals surface area contributed by atoms with Gasteiger partial charge in [0.2, 0.25) is 5.91 Å². The van der Waals surface area contributed by atoms with Crippen LogP contribution in [0, 0.1) is 12.3 Å². The molecule has 0 spiro atoms. The first kappa shape index (κ1) is 12.8. The number of aryl methyl sites for hydroxylation is 1. The van der Waals surface area contributed by atoms with Gasteiger partial charge in [0.1, 0.15) is 11.5 Å². The molecule has 4 heteroatoms. The van der Waals surface area contributed by atoms with Gasteiger partial charge in [-0.05, 0) is 31.0 Å². The third-order valence-electron chi connectivity index (χ3n) is 2.45. The van der Waals surface area contributed by atoms with Crippen LogP contribution in [0.1, 0.15) is 31.8 Å². The second-order valence-electron chi connectivity index (χ2n) is 4.83. The van der Waals surface area contributed by atoms with E-state index in [1.807, 2.05) is 32.9 Å². The molecule has 0 saturated heterocycles. The van der Waals surface area contributed by atoms with Crippen molar-refractivity contribution in [3.05, 3.63) is 23.7 Å². The molecule has 0 radical (unpaired) electrons. The van der Waals surface area contributed by atoms with Crippen molar-refractivity contribution in [3.63, 3.8) is 0 Å². The maximum atomic E-state index is 11.6. The van der Waals surface area contributed by atoms with E-state index in [-0.39, 0.29) is 11.3 Å². The SMILES string of the molecule is Cc1ccc(CNC(=O)CC(C)(C)CN)o1. The van der Waals surface area contributed by atoms with Gasteiger partial charge in [-0.2, -0.15) is 0 Å². The normalized spacial score (nSPS) is 11.5. The lowest BCUT2D eigenvalue weighted by atomic mass is 9.89. The van der Waals surface area contributed by atoms with Gasteiger partial charge in [0, 0.05) is 6.42 Å². The molecule has 1 rings (SSSR count). The predicted octanol–water partition coefficient (Wildman–Crippen LogP) is 1.58. The van der Waals surface area contributed by atoms with Crippen molar-refractivity contribution in [2.75, 3.05) is 6.54 Å². The summed E-state index contributed by atoms with van der Waals surface area (Å²) in [5.41, 5.74) is 5.42. The van der Waals surface area contributed by atoms with Gasteiger partial charge in [-0.15, -0.1) is 0 Å². The summed E-state index contributed by atoms with van der Waals surface area (Å²) in [6.07, 6.45) is 0.434. The van der Waals surface area contributed by atoms with E-state index in [9.17, 15) is 4.79 Å². The maximum Gasteiger partial charge on any atom is 0.220 e. The molecule has 0 bridgehead atoms. The topological polar surface area (TPSA) is 68.3 Å². The van der Waals surface area contributed by atoms with E-state index in [0.717, 1.165) is 11.5 Å². The highest BCUT2D eigenvalue weighted by molar-refractivity contribution is 5.76. The van der Waals surface area contributed by atoms with E-state index in [2.05, 4.69) is 5.32 Å². The van der Waals surface area contributed by atoms with Crippen molar-refractivity contribution in [3.8, 4) is 0 Å². The Hall–Kier alpha value is -1.29. The molecule has 16 heavy (non-hydrogen) atoms. The van der Waals surface area contributed by atoms with Gasteiger partial charge < -0.3 is 15.5 Å². The number of nitrogens with two attached hydrogens (primary N) is 1. The number of hydrogen-bond acceptors (Lipinski definition) is 3. The molecule has 1 heterocycles. The van der Waals surface area contributed by atoms with E-state index in [4.69, 9.17) is 10.2 Å². The van der Waals surface area contributed by atoms with E-state index < -0.39 is 0 Å². The monoisotopic (exact) mass is 224 g/mol. The molecule has 0 unspecified atom stereocenters. The summed E-state index contributed by atoms with van der Waals surface area (Å²) in [5.74, 6) is 1.63. The first-order chi connectivity index (χ1) is 7.43. The largest absolute Gasteiger partial charge is 0.465 e. The minimum absolute atomic E-state index is 0.00417. The molecule has 0 aromatic carbocycles. The maximum absolute atomic E-state index is 11.6. The van der Waals surface area contributed by atoms with Gasteiger partial charge in [0.25, 0.3) is 0 Å². The van der Waals surface area contributed by atoms with Crippen LogP contribution in [-0.2, 0) is 11.3 Å². The zero-order valence-electron chi connectivity index (χ0n) is 10.2. The summed E-state index contributed by atoms with van der Waals surface area (Å²) in [5, 5.41) is 2.81. The van der Waals surface area contributed by atoms with Gasteiger partial charge in [-0.1, -0.05) is 13.8 Å². The highest BCUT2D eigenvalue weighted by Gasteiger charge is 2.19. The summed E-state index contributed by atoms with van der Waals surface area (Å²) in [6.45, 7) is 6.77. The molecule has 0 aliphatic heterocycles. The standard InChI is InChI=1S/C12H20N2O2/c1-9-4-5-10(16-9)7-14-11(15)6-12(2,3)8-13/h4-5H,6-8,13H2,1-3H3,(H,14,15). The molecule has 3 N–H and O–H groups in total.